The Morgan fingerprint density at radius 2 is 1.70 bits per heavy atom. The third-order valence-electron chi connectivity index (χ3n) is 4.97. The lowest BCUT2D eigenvalue weighted by Gasteiger charge is -2.36. The number of aliphatic hydroxyl groups is 1. The average Bonchev–Trinajstić information content (AvgIpc) is 2.95. The molecule has 1 saturated heterocycles. The number of para-hydroxylation sites is 1. The molecule has 158 valence electrons. The van der Waals surface area contributed by atoms with Gasteiger partial charge in [0.25, 0.3) is 0 Å². The molecule has 0 radical (unpaired) electrons. The number of amides is 1. The summed E-state index contributed by atoms with van der Waals surface area (Å²) in [6, 6.07) is 16.5. The Kier molecular flexibility index (Phi) is 6.88. The van der Waals surface area contributed by atoms with Crippen molar-refractivity contribution in [3.05, 3.63) is 54.1 Å². The number of amidine groups is 1. The van der Waals surface area contributed by atoms with Crippen LogP contribution in [0.15, 0.2) is 63.3 Å². The van der Waals surface area contributed by atoms with Crippen LogP contribution in [-0.4, -0.2) is 79.4 Å². The smallest absolute Gasteiger partial charge is 0.409 e. The molecule has 1 amide bonds. The number of hydrogen-bond donors (Lipinski definition) is 1. The molecule has 0 spiro atoms. The van der Waals surface area contributed by atoms with E-state index in [1.807, 2.05) is 24.3 Å². The summed E-state index contributed by atoms with van der Waals surface area (Å²) in [6.07, 6.45) is -0.327. The summed E-state index contributed by atoms with van der Waals surface area (Å²) in [4.78, 5) is 23.6. The fraction of sp³-hybridized carbons (Fsp3) is 0.364. The first-order valence-electron chi connectivity index (χ1n) is 10.1. The minimum absolute atomic E-state index is 0.0358. The zero-order chi connectivity index (χ0) is 20.8. The fourth-order valence-electron chi connectivity index (χ4n) is 3.46. The number of nitrogens with zero attached hydrogens (tertiary/aromatic N) is 3. The van der Waals surface area contributed by atoms with Gasteiger partial charge in [-0.1, -0.05) is 42.1 Å². The maximum atomic E-state index is 12.3. The molecule has 2 heterocycles. The Labute approximate surface area is 180 Å². The Bertz CT molecular complexity index is 913. The van der Waals surface area contributed by atoms with Crippen molar-refractivity contribution in [1.82, 2.24) is 9.80 Å². The molecule has 4 rings (SSSR count). The molecule has 0 aliphatic carbocycles. The Morgan fingerprint density at radius 1 is 0.967 bits per heavy atom. The summed E-state index contributed by atoms with van der Waals surface area (Å²) in [5.41, 5.74) is 2.09. The highest BCUT2D eigenvalue weighted by Crippen LogP contribution is 2.40. The minimum Gasteiger partial charge on any atom is -0.447 e. The van der Waals surface area contributed by atoms with Crippen molar-refractivity contribution in [2.75, 3.05) is 52.6 Å². The van der Waals surface area contributed by atoms with Crippen molar-refractivity contribution in [3.63, 3.8) is 0 Å². The molecule has 0 atom stereocenters. The van der Waals surface area contributed by atoms with Crippen LogP contribution in [0.25, 0.3) is 0 Å². The molecular formula is C22H25N3O4S. The third-order valence-corrected chi connectivity index (χ3v) is 6.11. The lowest BCUT2D eigenvalue weighted by Crippen LogP contribution is -2.51. The topological polar surface area (TPSA) is 74.6 Å². The van der Waals surface area contributed by atoms with Crippen molar-refractivity contribution < 1.29 is 19.4 Å². The number of carbonyl (C=O) groups is 1. The van der Waals surface area contributed by atoms with Crippen molar-refractivity contribution in [2.45, 2.75) is 9.79 Å². The van der Waals surface area contributed by atoms with Crippen LogP contribution in [0.3, 0.4) is 0 Å². The van der Waals surface area contributed by atoms with Gasteiger partial charge in [-0.25, -0.2) is 9.79 Å². The predicted octanol–water partition coefficient (Wildman–Crippen LogP) is 2.99. The number of aliphatic imine (C=N–C) groups is 1. The standard InChI is InChI=1S/C22H25N3O4S/c26-13-14-28-15-16-29-22(27)25-11-9-24(10-12-25)21-17-5-1-3-7-19(17)30-20-8-4-2-6-18(20)23-21/h1-8,26H,9-16H2. The summed E-state index contributed by atoms with van der Waals surface area (Å²) < 4.78 is 10.4. The zero-order valence-electron chi connectivity index (χ0n) is 16.7. The number of piperazine rings is 1. The van der Waals surface area contributed by atoms with Crippen LogP contribution in [0.1, 0.15) is 5.56 Å². The fourth-order valence-corrected chi connectivity index (χ4v) is 4.47. The van der Waals surface area contributed by atoms with Crippen LogP contribution in [0.2, 0.25) is 0 Å². The van der Waals surface area contributed by atoms with Gasteiger partial charge in [0.1, 0.15) is 12.4 Å². The molecule has 0 unspecified atom stereocenters. The van der Waals surface area contributed by atoms with Gasteiger partial charge in [-0.05, 0) is 18.2 Å². The number of aliphatic hydroxyl groups excluding tert-OH is 1. The van der Waals surface area contributed by atoms with E-state index in [4.69, 9.17) is 19.6 Å². The quantitative estimate of drug-likeness (QED) is 0.740. The van der Waals surface area contributed by atoms with E-state index < -0.39 is 0 Å². The van der Waals surface area contributed by atoms with Gasteiger partial charge >= 0.3 is 6.09 Å². The van der Waals surface area contributed by atoms with E-state index in [0.29, 0.717) is 26.2 Å². The van der Waals surface area contributed by atoms with Crippen LogP contribution < -0.4 is 0 Å². The SMILES string of the molecule is O=C(OCCOCCO)N1CCN(C2=Nc3ccccc3Sc3ccccc32)CC1. The molecular weight excluding hydrogens is 402 g/mol. The van der Waals surface area contributed by atoms with Gasteiger partial charge in [0.05, 0.1) is 25.5 Å². The molecule has 1 fully saturated rings. The molecule has 0 saturated carbocycles. The van der Waals surface area contributed by atoms with Crippen LogP contribution in [0.4, 0.5) is 10.5 Å². The first-order chi connectivity index (χ1) is 14.8. The van der Waals surface area contributed by atoms with Crippen LogP contribution in [0, 0.1) is 0 Å². The molecule has 2 aromatic rings. The Balaban J connectivity index is 1.43. The van der Waals surface area contributed by atoms with Crippen LogP contribution in [-0.2, 0) is 9.47 Å². The van der Waals surface area contributed by atoms with Crippen molar-refractivity contribution in [1.29, 1.82) is 0 Å². The van der Waals surface area contributed by atoms with Crippen LogP contribution in [0.5, 0.6) is 0 Å². The molecule has 8 heteroatoms. The highest BCUT2D eigenvalue weighted by atomic mass is 32.2. The number of ether oxygens (including phenoxy) is 2. The molecule has 2 aliphatic heterocycles. The normalized spacial score (nSPS) is 15.7. The van der Waals surface area contributed by atoms with Gasteiger partial charge in [0.15, 0.2) is 0 Å². The average molecular weight is 428 g/mol. The van der Waals surface area contributed by atoms with Gasteiger partial charge in [-0.2, -0.15) is 0 Å². The van der Waals surface area contributed by atoms with Gasteiger partial charge < -0.3 is 24.4 Å². The molecule has 30 heavy (non-hydrogen) atoms. The highest BCUT2D eigenvalue weighted by molar-refractivity contribution is 7.99. The predicted molar refractivity (Wildman–Crippen MR) is 116 cm³/mol. The van der Waals surface area contributed by atoms with Crippen molar-refractivity contribution in [3.8, 4) is 0 Å². The second-order valence-electron chi connectivity index (χ2n) is 6.93. The van der Waals surface area contributed by atoms with Crippen LogP contribution >= 0.6 is 11.8 Å². The summed E-state index contributed by atoms with van der Waals surface area (Å²) in [7, 11) is 0. The monoisotopic (exact) mass is 427 g/mol. The number of hydrogen-bond acceptors (Lipinski definition) is 7. The van der Waals surface area contributed by atoms with Gasteiger partial charge in [0.2, 0.25) is 0 Å². The van der Waals surface area contributed by atoms with Gasteiger partial charge in [0, 0.05) is 41.5 Å². The molecule has 2 aliphatic rings. The number of rotatable bonds is 5. The maximum Gasteiger partial charge on any atom is 0.409 e. The first kappa shape index (κ1) is 20.7. The number of fused-ring (bicyclic) bond motifs is 2. The second kappa shape index (κ2) is 9.97. The second-order valence-corrected chi connectivity index (χ2v) is 8.01. The molecule has 1 N–H and O–H groups in total. The van der Waals surface area contributed by atoms with E-state index in [9.17, 15) is 4.79 Å². The number of benzene rings is 2. The number of carbonyl (C=O) groups excluding carboxylic acids is 1. The van der Waals surface area contributed by atoms with Gasteiger partial charge in [-0.3, -0.25) is 0 Å². The summed E-state index contributed by atoms with van der Waals surface area (Å²) in [5.74, 6) is 0.952. The van der Waals surface area contributed by atoms with E-state index >= 15 is 0 Å². The molecule has 0 aromatic heterocycles. The highest BCUT2D eigenvalue weighted by Gasteiger charge is 2.27. The Hall–Kier alpha value is -2.55. The van der Waals surface area contributed by atoms with E-state index in [0.717, 1.165) is 22.0 Å². The minimum atomic E-state index is -0.327. The van der Waals surface area contributed by atoms with E-state index in [1.165, 1.54) is 4.90 Å². The maximum absolute atomic E-state index is 12.3. The van der Waals surface area contributed by atoms with Gasteiger partial charge in [-0.15, -0.1) is 0 Å². The zero-order valence-corrected chi connectivity index (χ0v) is 17.5. The molecule has 2 aromatic carbocycles. The summed E-state index contributed by atoms with van der Waals surface area (Å²) in [6.45, 7) is 3.22. The largest absolute Gasteiger partial charge is 0.447 e. The molecule has 7 nitrogen and oxygen atoms in total. The van der Waals surface area contributed by atoms with Crippen molar-refractivity contribution in [2.24, 2.45) is 4.99 Å². The summed E-state index contributed by atoms with van der Waals surface area (Å²) in [5, 5.41) is 8.69. The third kappa shape index (κ3) is 4.77. The Morgan fingerprint density at radius 3 is 2.50 bits per heavy atom. The molecule has 0 bridgehead atoms. The van der Waals surface area contributed by atoms with E-state index in [-0.39, 0.29) is 32.5 Å². The van der Waals surface area contributed by atoms with E-state index in [2.05, 4.69) is 29.2 Å². The lowest BCUT2D eigenvalue weighted by molar-refractivity contribution is 0.0377. The van der Waals surface area contributed by atoms with Crippen molar-refractivity contribution >= 4 is 29.4 Å². The summed E-state index contributed by atoms with van der Waals surface area (Å²) >= 11 is 1.74. The lowest BCUT2D eigenvalue weighted by atomic mass is 10.1. The first-order valence-corrected chi connectivity index (χ1v) is 10.9. The van der Waals surface area contributed by atoms with E-state index in [1.54, 1.807) is 16.7 Å².